The molecule has 2 amide bonds. The molecule has 1 unspecified atom stereocenters. The molecule has 0 aromatic heterocycles. The number of aliphatic carboxylic acids is 1. The van der Waals surface area contributed by atoms with Crippen LogP contribution in [0.5, 0.6) is 0 Å². The predicted molar refractivity (Wildman–Crippen MR) is 79.2 cm³/mol. The number of carboxylic acid groups (broad SMARTS) is 1. The fraction of sp³-hybridized carbons (Fsp3) is 0.429. The summed E-state index contributed by atoms with van der Waals surface area (Å²) in [5.41, 5.74) is 1.38. The van der Waals surface area contributed by atoms with Crippen LogP contribution in [0.1, 0.15) is 25.3 Å². The minimum Gasteiger partial charge on any atom is -0.481 e. The number of anilines is 1. The van der Waals surface area contributed by atoms with Crippen molar-refractivity contribution in [2.24, 2.45) is 5.92 Å². The van der Waals surface area contributed by atoms with Crippen LogP contribution in [0.3, 0.4) is 0 Å². The lowest BCUT2D eigenvalue weighted by Crippen LogP contribution is -2.35. The molecule has 0 aliphatic carbocycles. The van der Waals surface area contributed by atoms with Gasteiger partial charge >= 0.3 is 12.0 Å². The number of benzene rings is 1. The number of amides is 2. The van der Waals surface area contributed by atoms with Crippen LogP contribution in [-0.2, 0) is 4.79 Å². The molecule has 0 heterocycles. The quantitative estimate of drug-likeness (QED) is 0.754. The standard InChI is InChI=1S/C14H19ClN2O3/c1-3-5-10(13(18)19)8-16-14(20)17-12-9(2)6-4-7-11(12)15/h4,6-7,10H,3,5,8H2,1-2H3,(H,18,19)(H2,16,17,20). The van der Waals surface area contributed by atoms with Gasteiger partial charge in [-0.2, -0.15) is 0 Å². The van der Waals surface area contributed by atoms with Crippen molar-refractivity contribution >= 4 is 29.3 Å². The summed E-state index contributed by atoms with van der Waals surface area (Å²) in [7, 11) is 0. The van der Waals surface area contributed by atoms with Gasteiger partial charge in [-0.15, -0.1) is 0 Å². The Bertz CT molecular complexity index is 471. The molecule has 6 heteroatoms. The van der Waals surface area contributed by atoms with E-state index in [9.17, 15) is 9.59 Å². The van der Waals surface area contributed by atoms with Crippen molar-refractivity contribution in [2.45, 2.75) is 26.7 Å². The summed E-state index contributed by atoms with van der Waals surface area (Å²) >= 11 is 6.00. The largest absolute Gasteiger partial charge is 0.481 e. The van der Waals surface area contributed by atoms with Crippen molar-refractivity contribution in [1.29, 1.82) is 0 Å². The Kier molecular flexibility index (Phi) is 6.31. The zero-order chi connectivity index (χ0) is 15.1. The van der Waals surface area contributed by atoms with Gasteiger partial charge in [0, 0.05) is 6.54 Å². The number of hydrogen-bond donors (Lipinski definition) is 3. The normalized spacial score (nSPS) is 11.8. The molecular formula is C14H19ClN2O3. The SMILES string of the molecule is CCCC(CNC(=O)Nc1c(C)cccc1Cl)C(=O)O. The first-order valence-corrected chi connectivity index (χ1v) is 6.86. The van der Waals surface area contributed by atoms with Gasteiger partial charge in [0.25, 0.3) is 0 Å². The number of rotatable bonds is 6. The Morgan fingerprint density at radius 2 is 2.10 bits per heavy atom. The van der Waals surface area contributed by atoms with E-state index in [4.69, 9.17) is 16.7 Å². The lowest BCUT2D eigenvalue weighted by molar-refractivity contribution is -0.141. The first-order valence-electron chi connectivity index (χ1n) is 6.48. The Balaban J connectivity index is 2.58. The van der Waals surface area contributed by atoms with E-state index < -0.39 is 17.9 Å². The van der Waals surface area contributed by atoms with Crippen molar-refractivity contribution in [3.8, 4) is 0 Å². The molecule has 20 heavy (non-hydrogen) atoms. The summed E-state index contributed by atoms with van der Waals surface area (Å²) in [4.78, 5) is 22.8. The third kappa shape index (κ3) is 4.74. The minimum absolute atomic E-state index is 0.0957. The average Bonchev–Trinajstić information content (AvgIpc) is 2.38. The smallest absolute Gasteiger partial charge is 0.319 e. The van der Waals surface area contributed by atoms with Gasteiger partial charge in [0.2, 0.25) is 0 Å². The number of carboxylic acids is 1. The molecule has 0 spiro atoms. The van der Waals surface area contributed by atoms with Crippen LogP contribution in [0, 0.1) is 12.8 Å². The highest BCUT2D eigenvalue weighted by molar-refractivity contribution is 6.33. The highest BCUT2D eigenvalue weighted by Gasteiger charge is 2.17. The van der Waals surface area contributed by atoms with E-state index in [1.807, 2.05) is 19.9 Å². The number of hydrogen-bond acceptors (Lipinski definition) is 2. The van der Waals surface area contributed by atoms with Gasteiger partial charge in [-0.05, 0) is 25.0 Å². The monoisotopic (exact) mass is 298 g/mol. The highest BCUT2D eigenvalue weighted by Crippen LogP contribution is 2.24. The van der Waals surface area contributed by atoms with Crippen molar-refractivity contribution in [1.82, 2.24) is 5.32 Å². The zero-order valence-corrected chi connectivity index (χ0v) is 12.3. The molecule has 1 rings (SSSR count). The number of urea groups is 1. The topological polar surface area (TPSA) is 78.4 Å². The maximum absolute atomic E-state index is 11.8. The van der Waals surface area contributed by atoms with E-state index in [-0.39, 0.29) is 6.54 Å². The molecule has 0 radical (unpaired) electrons. The van der Waals surface area contributed by atoms with Gasteiger partial charge in [0.15, 0.2) is 0 Å². The fourth-order valence-corrected chi connectivity index (χ4v) is 2.09. The van der Waals surface area contributed by atoms with Gasteiger partial charge in [0.1, 0.15) is 0 Å². The summed E-state index contributed by atoms with van der Waals surface area (Å²) in [6.07, 6.45) is 1.28. The number of carbonyl (C=O) groups is 2. The summed E-state index contributed by atoms with van der Waals surface area (Å²) in [5.74, 6) is -1.47. The van der Waals surface area contributed by atoms with Crippen LogP contribution in [0.2, 0.25) is 5.02 Å². The van der Waals surface area contributed by atoms with Crippen LogP contribution in [0.4, 0.5) is 10.5 Å². The lowest BCUT2D eigenvalue weighted by Gasteiger charge is -2.14. The van der Waals surface area contributed by atoms with E-state index in [2.05, 4.69) is 10.6 Å². The molecule has 0 saturated heterocycles. The number of halogens is 1. The van der Waals surface area contributed by atoms with E-state index in [1.54, 1.807) is 12.1 Å². The molecule has 0 saturated carbocycles. The third-order valence-corrected chi connectivity index (χ3v) is 3.27. The molecule has 0 aliphatic rings. The number of nitrogens with one attached hydrogen (secondary N) is 2. The zero-order valence-electron chi connectivity index (χ0n) is 11.6. The molecule has 0 aliphatic heterocycles. The molecule has 5 nitrogen and oxygen atoms in total. The summed E-state index contributed by atoms with van der Waals surface area (Å²) in [6, 6.07) is 4.85. The van der Waals surface area contributed by atoms with Gasteiger partial charge in [-0.1, -0.05) is 37.1 Å². The Morgan fingerprint density at radius 3 is 2.65 bits per heavy atom. The van der Waals surface area contributed by atoms with Crippen LogP contribution >= 0.6 is 11.6 Å². The number of para-hydroxylation sites is 1. The van der Waals surface area contributed by atoms with Crippen LogP contribution < -0.4 is 10.6 Å². The van der Waals surface area contributed by atoms with Gasteiger partial charge in [0.05, 0.1) is 16.6 Å². The van der Waals surface area contributed by atoms with Gasteiger partial charge < -0.3 is 15.7 Å². The van der Waals surface area contributed by atoms with Crippen LogP contribution in [0.25, 0.3) is 0 Å². The van der Waals surface area contributed by atoms with Gasteiger partial charge in [-0.25, -0.2) is 4.79 Å². The number of aryl methyl sites for hydroxylation is 1. The first kappa shape index (κ1) is 16.3. The Hall–Kier alpha value is -1.75. The average molecular weight is 299 g/mol. The summed E-state index contributed by atoms with van der Waals surface area (Å²) in [6.45, 7) is 3.83. The second-order valence-corrected chi connectivity index (χ2v) is 5.00. The summed E-state index contributed by atoms with van der Waals surface area (Å²) < 4.78 is 0. The predicted octanol–water partition coefficient (Wildman–Crippen LogP) is 3.27. The molecule has 0 fully saturated rings. The second kappa shape index (κ2) is 7.75. The molecular weight excluding hydrogens is 280 g/mol. The highest BCUT2D eigenvalue weighted by atomic mass is 35.5. The maximum Gasteiger partial charge on any atom is 0.319 e. The fourth-order valence-electron chi connectivity index (χ4n) is 1.83. The summed E-state index contributed by atoms with van der Waals surface area (Å²) in [5, 5.41) is 14.7. The molecule has 1 aromatic carbocycles. The molecule has 1 aromatic rings. The molecule has 110 valence electrons. The van der Waals surface area contributed by atoms with E-state index in [0.29, 0.717) is 17.1 Å². The Labute approximate surface area is 123 Å². The molecule has 0 bridgehead atoms. The molecule has 3 N–H and O–H groups in total. The van der Waals surface area contributed by atoms with Crippen LogP contribution in [-0.4, -0.2) is 23.7 Å². The van der Waals surface area contributed by atoms with Crippen LogP contribution in [0.15, 0.2) is 18.2 Å². The maximum atomic E-state index is 11.8. The van der Waals surface area contributed by atoms with E-state index in [1.165, 1.54) is 0 Å². The Morgan fingerprint density at radius 1 is 1.40 bits per heavy atom. The second-order valence-electron chi connectivity index (χ2n) is 4.59. The first-order chi connectivity index (χ1) is 9.45. The minimum atomic E-state index is -0.902. The van der Waals surface area contributed by atoms with Crippen molar-refractivity contribution in [3.63, 3.8) is 0 Å². The lowest BCUT2D eigenvalue weighted by atomic mass is 10.0. The van der Waals surface area contributed by atoms with E-state index in [0.717, 1.165) is 12.0 Å². The van der Waals surface area contributed by atoms with Crippen molar-refractivity contribution in [3.05, 3.63) is 28.8 Å². The number of carbonyl (C=O) groups excluding carboxylic acids is 1. The van der Waals surface area contributed by atoms with E-state index >= 15 is 0 Å². The van der Waals surface area contributed by atoms with Gasteiger partial charge in [-0.3, -0.25) is 4.79 Å². The molecule has 1 atom stereocenters. The third-order valence-electron chi connectivity index (χ3n) is 2.96. The van der Waals surface area contributed by atoms with Crippen molar-refractivity contribution in [2.75, 3.05) is 11.9 Å². The van der Waals surface area contributed by atoms with Crippen molar-refractivity contribution < 1.29 is 14.7 Å².